The first-order valence-electron chi connectivity index (χ1n) is 10.9. The summed E-state index contributed by atoms with van der Waals surface area (Å²) in [6.45, 7) is 1.79. The van der Waals surface area contributed by atoms with E-state index in [-0.39, 0.29) is 34.6 Å². The predicted molar refractivity (Wildman–Crippen MR) is 138 cm³/mol. The van der Waals surface area contributed by atoms with Gasteiger partial charge in [-0.25, -0.2) is 0 Å². The molecule has 2 amide bonds. The lowest BCUT2D eigenvalue weighted by atomic mass is 10.1. The fourth-order valence-electron chi connectivity index (χ4n) is 3.12. The molecule has 0 saturated carbocycles. The Morgan fingerprint density at radius 2 is 1.69 bits per heavy atom. The standard InChI is InChI=1S/C27H24ClN3O5/c1-3-35-24-15-18(13-19(16-29)27(33)31-21-9-11-22(34-2)12-10-21)14-23(28)26(24)36-17-25(32)30-20-7-5-4-6-8-20/h4-15H,3,17H2,1-2H3,(H,30,32)(H,31,33)/b19-13+. The number of carbonyl (C=O) groups is 2. The van der Waals surface area contributed by atoms with Gasteiger partial charge in [0.1, 0.15) is 17.4 Å². The molecule has 0 bridgehead atoms. The molecule has 0 radical (unpaired) electrons. The zero-order valence-electron chi connectivity index (χ0n) is 19.7. The molecule has 0 unspecified atom stereocenters. The predicted octanol–water partition coefficient (Wildman–Crippen LogP) is 5.31. The van der Waals surface area contributed by atoms with Crippen LogP contribution in [-0.2, 0) is 9.59 Å². The van der Waals surface area contributed by atoms with Crippen LogP contribution in [0.4, 0.5) is 11.4 Å². The minimum atomic E-state index is -0.588. The quantitative estimate of drug-likeness (QED) is 0.285. The fraction of sp³-hybridized carbons (Fsp3) is 0.148. The Labute approximate surface area is 214 Å². The van der Waals surface area contributed by atoms with Crippen LogP contribution in [-0.4, -0.2) is 32.1 Å². The Hall–Kier alpha value is -4.48. The van der Waals surface area contributed by atoms with Gasteiger partial charge in [0.2, 0.25) is 0 Å². The van der Waals surface area contributed by atoms with Crippen molar-refractivity contribution in [2.75, 3.05) is 31.0 Å². The van der Waals surface area contributed by atoms with Crippen LogP contribution < -0.4 is 24.8 Å². The van der Waals surface area contributed by atoms with Crippen LogP contribution in [0.2, 0.25) is 5.02 Å². The average molecular weight is 506 g/mol. The summed E-state index contributed by atoms with van der Waals surface area (Å²) >= 11 is 6.42. The zero-order valence-corrected chi connectivity index (χ0v) is 20.5. The van der Waals surface area contributed by atoms with Crippen LogP contribution in [0.1, 0.15) is 12.5 Å². The van der Waals surface area contributed by atoms with Crippen molar-refractivity contribution in [2.24, 2.45) is 0 Å². The number of nitrogens with zero attached hydrogens (tertiary/aromatic N) is 1. The number of nitriles is 1. The summed E-state index contributed by atoms with van der Waals surface area (Å²) in [5, 5.41) is 15.1. The van der Waals surface area contributed by atoms with E-state index in [4.69, 9.17) is 25.8 Å². The van der Waals surface area contributed by atoms with Gasteiger partial charge in [-0.1, -0.05) is 29.8 Å². The van der Waals surface area contributed by atoms with Gasteiger partial charge in [0.15, 0.2) is 18.1 Å². The third-order valence-corrected chi connectivity index (χ3v) is 5.04. The molecule has 0 saturated heterocycles. The molecule has 3 aromatic rings. The maximum Gasteiger partial charge on any atom is 0.266 e. The normalized spacial score (nSPS) is 10.7. The molecule has 0 fully saturated rings. The van der Waals surface area contributed by atoms with Crippen LogP contribution in [0.15, 0.2) is 72.3 Å². The summed E-state index contributed by atoms with van der Waals surface area (Å²) in [4.78, 5) is 24.9. The number of nitrogens with one attached hydrogen (secondary N) is 2. The molecule has 0 aliphatic rings. The van der Waals surface area contributed by atoms with Gasteiger partial charge in [-0.2, -0.15) is 5.26 Å². The molecule has 8 nitrogen and oxygen atoms in total. The molecule has 184 valence electrons. The van der Waals surface area contributed by atoms with Crippen molar-refractivity contribution in [1.82, 2.24) is 0 Å². The number of anilines is 2. The van der Waals surface area contributed by atoms with Crippen LogP contribution in [0.25, 0.3) is 6.08 Å². The maximum absolute atomic E-state index is 12.6. The number of carbonyl (C=O) groups excluding carboxylic acids is 2. The molecule has 0 spiro atoms. The molecule has 3 rings (SSSR count). The van der Waals surface area contributed by atoms with E-state index in [9.17, 15) is 14.9 Å². The first kappa shape index (κ1) is 26.1. The number of methoxy groups -OCH3 is 1. The SMILES string of the molecule is CCOc1cc(/C=C(\C#N)C(=O)Nc2ccc(OC)cc2)cc(Cl)c1OCC(=O)Nc1ccccc1. The lowest BCUT2D eigenvalue weighted by Gasteiger charge is -2.14. The smallest absolute Gasteiger partial charge is 0.266 e. The molecule has 36 heavy (non-hydrogen) atoms. The average Bonchev–Trinajstić information content (AvgIpc) is 2.88. The molecule has 0 aliphatic heterocycles. The van der Waals surface area contributed by atoms with Crippen molar-refractivity contribution in [2.45, 2.75) is 6.92 Å². The fourth-order valence-corrected chi connectivity index (χ4v) is 3.39. The number of rotatable bonds is 10. The summed E-state index contributed by atoms with van der Waals surface area (Å²) < 4.78 is 16.4. The summed E-state index contributed by atoms with van der Waals surface area (Å²) in [7, 11) is 1.54. The van der Waals surface area contributed by atoms with Gasteiger partial charge in [0.25, 0.3) is 11.8 Å². The van der Waals surface area contributed by atoms with Gasteiger partial charge in [0.05, 0.1) is 18.7 Å². The summed E-state index contributed by atoms with van der Waals surface area (Å²) in [5.74, 6) is 0.138. The monoisotopic (exact) mass is 505 g/mol. The number of para-hydroxylation sites is 1. The maximum atomic E-state index is 12.6. The van der Waals surface area contributed by atoms with Gasteiger partial charge < -0.3 is 24.8 Å². The Kier molecular flexibility index (Phi) is 9.32. The Balaban J connectivity index is 1.76. The molecule has 0 aliphatic carbocycles. The highest BCUT2D eigenvalue weighted by atomic mass is 35.5. The lowest BCUT2D eigenvalue weighted by molar-refractivity contribution is -0.118. The van der Waals surface area contributed by atoms with E-state index in [1.165, 1.54) is 12.1 Å². The highest BCUT2D eigenvalue weighted by Gasteiger charge is 2.16. The van der Waals surface area contributed by atoms with Crippen LogP contribution in [0.3, 0.4) is 0 Å². The van der Waals surface area contributed by atoms with Gasteiger partial charge in [-0.3, -0.25) is 9.59 Å². The second-order valence-corrected chi connectivity index (χ2v) is 7.73. The van der Waals surface area contributed by atoms with E-state index in [0.29, 0.717) is 29.3 Å². The third kappa shape index (κ3) is 7.26. The molecular formula is C27H24ClN3O5. The first-order chi connectivity index (χ1) is 17.4. The topological polar surface area (TPSA) is 110 Å². The first-order valence-corrected chi connectivity index (χ1v) is 11.3. The van der Waals surface area contributed by atoms with E-state index in [0.717, 1.165) is 0 Å². The molecule has 2 N–H and O–H groups in total. The minimum absolute atomic E-state index is 0.139. The van der Waals surface area contributed by atoms with Crippen molar-refractivity contribution in [3.8, 4) is 23.3 Å². The highest BCUT2D eigenvalue weighted by molar-refractivity contribution is 6.32. The highest BCUT2D eigenvalue weighted by Crippen LogP contribution is 2.37. The minimum Gasteiger partial charge on any atom is -0.497 e. The molecule has 0 heterocycles. The second kappa shape index (κ2) is 12.8. The van der Waals surface area contributed by atoms with Gasteiger partial charge in [-0.15, -0.1) is 0 Å². The largest absolute Gasteiger partial charge is 0.497 e. The van der Waals surface area contributed by atoms with Crippen LogP contribution in [0, 0.1) is 11.3 Å². The number of hydrogen-bond donors (Lipinski definition) is 2. The van der Waals surface area contributed by atoms with Crippen molar-refractivity contribution >= 4 is 40.9 Å². The molecule has 9 heteroatoms. The number of halogens is 1. The molecule has 0 aromatic heterocycles. The summed E-state index contributed by atoms with van der Waals surface area (Å²) in [6, 6.07) is 20.7. The Morgan fingerprint density at radius 1 is 1.00 bits per heavy atom. The molecular weight excluding hydrogens is 482 g/mol. The number of benzene rings is 3. The van der Waals surface area contributed by atoms with Crippen molar-refractivity contribution < 1.29 is 23.8 Å². The van der Waals surface area contributed by atoms with Crippen molar-refractivity contribution in [1.29, 1.82) is 5.26 Å². The molecule has 0 atom stereocenters. The van der Waals surface area contributed by atoms with Gasteiger partial charge in [0, 0.05) is 11.4 Å². The summed E-state index contributed by atoms with van der Waals surface area (Å²) in [6.07, 6.45) is 1.39. The van der Waals surface area contributed by atoms with Crippen molar-refractivity contribution in [3.05, 3.63) is 82.9 Å². The number of ether oxygens (including phenoxy) is 3. The van der Waals surface area contributed by atoms with Crippen LogP contribution in [0.5, 0.6) is 17.2 Å². The van der Waals surface area contributed by atoms with Crippen LogP contribution >= 0.6 is 11.6 Å². The van der Waals surface area contributed by atoms with Gasteiger partial charge >= 0.3 is 0 Å². The lowest BCUT2D eigenvalue weighted by Crippen LogP contribution is -2.20. The van der Waals surface area contributed by atoms with E-state index in [1.54, 1.807) is 68.6 Å². The summed E-state index contributed by atoms with van der Waals surface area (Å²) in [5.41, 5.74) is 1.46. The number of hydrogen-bond acceptors (Lipinski definition) is 6. The van der Waals surface area contributed by atoms with E-state index in [1.807, 2.05) is 12.1 Å². The zero-order chi connectivity index (χ0) is 25.9. The second-order valence-electron chi connectivity index (χ2n) is 7.32. The Morgan fingerprint density at radius 3 is 2.33 bits per heavy atom. The van der Waals surface area contributed by atoms with Gasteiger partial charge in [-0.05, 0) is 67.1 Å². The Bertz CT molecular complexity index is 1290. The van der Waals surface area contributed by atoms with Crippen molar-refractivity contribution in [3.63, 3.8) is 0 Å². The van der Waals surface area contributed by atoms with E-state index >= 15 is 0 Å². The van der Waals surface area contributed by atoms with E-state index < -0.39 is 5.91 Å². The third-order valence-electron chi connectivity index (χ3n) is 4.76. The van der Waals surface area contributed by atoms with E-state index in [2.05, 4.69) is 10.6 Å². The molecule has 3 aromatic carbocycles. The number of amides is 2.